The Balaban J connectivity index is 2.56. The highest BCUT2D eigenvalue weighted by molar-refractivity contribution is 5.50. The summed E-state index contributed by atoms with van der Waals surface area (Å²) in [6.07, 6.45) is 0. The molecule has 0 aliphatic rings. The van der Waals surface area contributed by atoms with E-state index >= 15 is 0 Å². The predicted molar refractivity (Wildman–Crippen MR) is 99.9 cm³/mol. The van der Waals surface area contributed by atoms with Gasteiger partial charge in [0.1, 0.15) is 5.75 Å². The van der Waals surface area contributed by atoms with Gasteiger partial charge in [0.2, 0.25) is 0 Å². The minimum Gasteiger partial charge on any atom is -0.493 e. The van der Waals surface area contributed by atoms with Crippen molar-refractivity contribution >= 4 is 0 Å². The summed E-state index contributed by atoms with van der Waals surface area (Å²) in [5.74, 6) is 1.03. The number of ether oxygens (including phenoxy) is 1. The summed E-state index contributed by atoms with van der Waals surface area (Å²) in [5.41, 5.74) is 9.26. The first-order valence-corrected chi connectivity index (χ1v) is 8.51. The molecule has 0 bridgehead atoms. The third-order valence-electron chi connectivity index (χ3n) is 5.12. The first-order chi connectivity index (χ1) is 10.7. The highest BCUT2D eigenvalue weighted by atomic mass is 16.5. The molecule has 0 aliphatic heterocycles. The maximum atomic E-state index is 5.79. The summed E-state index contributed by atoms with van der Waals surface area (Å²) in [6, 6.07) is 9.23. The topological polar surface area (TPSA) is 9.23 Å². The minimum absolute atomic E-state index is 0.0243. The van der Waals surface area contributed by atoms with Gasteiger partial charge in [0.25, 0.3) is 0 Å². The Kier molecular flexibility index (Phi) is 4.89. The molecular weight excluding hydrogens is 280 g/mol. The fourth-order valence-corrected chi connectivity index (χ4v) is 3.25. The van der Waals surface area contributed by atoms with Crippen LogP contribution in [0.3, 0.4) is 0 Å². The van der Waals surface area contributed by atoms with E-state index in [2.05, 4.69) is 72.7 Å². The minimum atomic E-state index is -0.0243. The van der Waals surface area contributed by atoms with Gasteiger partial charge in [0, 0.05) is 5.41 Å². The van der Waals surface area contributed by atoms with E-state index in [9.17, 15) is 0 Å². The van der Waals surface area contributed by atoms with E-state index in [-0.39, 0.29) is 5.41 Å². The fraction of sp³-hybridized carbons (Fsp3) is 0.455. The molecule has 0 saturated heterocycles. The summed E-state index contributed by atoms with van der Waals surface area (Å²) >= 11 is 0. The maximum absolute atomic E-state index is 5.79. The summed E-state index contributed by atoms with van der Waals surface area (Å²) in [5, 5.41) is 0. The molecule has 0 spiro atoms. The zero-order valence-corrected chi connectivity index (χ0v) is 15.9. The van der Waals surface area contributed by atoms with Crippen LogP contribution < -0.4 is 4.74 Å². The second-order valence-corrected chi connectivity index (χ2v) is 7.23. The van der Waals surface area contributed by atoms with Crippen molar-refractivity contribution in [2.24, 2.45) is 0 Å². The first kappa shape index (κ1) is 17.6. The zero-order valence-electron chi connectivity index (χ0n) is 15.9. The zero-order chi connectivity index (χ0) is 17.4. The molecular formula is C22H30O. The molecule has 0 aliphatic carbocycles. The van der Waals surface area contributed by atoms with E-state index < -0.39 is 0 Å². The molecule has 0 atom stereocenters. The average Bonchev–Trinajstić information content (AvgIpc) is 2.47. The van der Waals surface area contributed by atoms with Gasteiger partial charge in [-0.1, -0.05) is 38.1 Å². The third kappa shape index (κ3) is 3.29. The Morgan fingerprint density at radius 2 is 1.13 bits per heavy atom. The number of hydrogen-bond acceptors (Lipinski definition) is 1. The lowest BCUT2D eigenvalue weighted by atomic mass is 9.75. The number of aryl methyl sites for hydroxylation is 4. The van der Waals surface area contributed by atoms with E-state index in [1.54, 1.807) is 0 Å². The molecule has 0 amide bonds. The lowest BCUT2D eigenvalue weighted by Crippen LogP contribution is -2.20. The summed E-state index contributed by atoms with van der Waals surface area (Å²) in [4.78, 5) is 0. The van der Waals surface area contributed by atoms with Gasteiger partial charge in [-0.25, -0.2) is 0 Å². The normalized spacial score (nSPS) is 11.7. The summed E-state index contributed by atoms with van der Waals surface area (Å²) < 4.78 is 5.79. The van der Waals surface area contributed by atoms with Gasteiger partial charge in [-0.05, 0) is 80.5 Å². The van der Waals surface area contributed by atoms with Crippen molar-refractivity contribution in [3.63, 3.8) is 0 Å². The third-order valence-corrected chi connectivity index (χ3v) is 5.12. The van der Waals surface area contributed by atoms with Crippen molar-refractivity contribution in [3.8, 4) is 5.75 Å². The number of rotatable bonds is 4. The Morgan fingerprint density at radius 1 is 0.739 bits per heavy atom. The van der Waals surface area contributed by atoms with Crippen molar-refractivity contribution in [1.82, 2.24) is 0 Å². The molecule has 1 heteroatoms. The highest BCUT2D eigenvalue weighted by Crippen LogP contribution is 2.37. The Bertz CT molecular complexity index is 677. The van der Waals surface area contributed by atoms with Gasteiger partial charge in [0.15, 0.2) is 0 Å². The molecule has 0 saturated carbocycles. The van der Waals surface area contributed by atoms with Crippen LogP contribution in [-0.4, -0.2) is 6.61 Å². The smallest absolute Gasteiger partial charge is 0.125 e. The van der Waals surface area contributed by atoms with Crippen molar-refractivity contribution < 1.29 is 4.74 Å². The molecule has 23 heavy (non-hydrogen) atoms. The lowest BCUT2D eigenvalue weighted by Gasteiger charge is -2.29. The van der Waals surface area contributed by atoms with Crippen LogP contribution >= 0.6 is 0 Å². The van der Waals surface area contributed by atoms with Gasteiger partial charge in [-0.2, -0.15) is 0 Å². The van der Waals surface area contributed by atoms with E-state index in [1.807, 2.05) is 6.92 Å². The number of hydrogen-bond donors (Lipinski definition) is 0. The Hall–Kier alpha value is -1.76. The predicted octanol–water partition coefficient (Wildman–Crippen LogP) is 5.95. The first-order valence-electron chi connectivity index (χ1n) is 8.51. The molecule has 0 aromatic heterocycles. The van der Waals surface area contributed by atoms with Crippen LogP contribution in [-0.2, 0) is 5.41 Å². The molecule has 2 rings (SSSR count). The molecule has 124 valence electrons. The largest absolute Gasteiger partial charge is 0.493 e. The molecule has 0 radical (unpaired) electrons. The summed E-state index contributed by atoms with van der Waals surface area (Å²) in [7, 11) is 0. The SMILES string of the molecule is CCOc1c(C)cc(C(C)(C)c2cc(C)c(C)c(C)c2)cc1C. The van der Waals surface area contributed by atoms with Crippen LogP contribution in [0.25, 0.3) is 0 Å². The molecule has 2 aromatic rings. The van der Waals surface area contributed by atoms with Crippen LogP contribution in [0, 0.1) is 34.6 Å². The quantitative estimate of drug-likeness (QED) is 0.677. The lowest BCUT2D eigenvalue weighted by molar-refractivity contribution is 0.335. The molecule has 0 heterocycles. The van der Waals surface area contributed by atoms with Gasteiger partial charge in [-0.3, -0.25) is 0 Å². The van der Waals surface area contributed by atoms with E-state index in [0.717, 1.165) is 5.75 Å². The summed E-state index contributed by atoms with van der Waals surface area (Å²) in [6.45, 7) is 18.3. The van der Waals surface area contributed by atoms with Crippen molar-refractivity contribution in [2.75, 3.05) is 6.61 Å². The van der Waals surface area contributed by atoms with E-state index in [1.165, 1.54) is 38.9 Å². The average molecular weight is 310 g/mol. The molecule has 2 aromatic carbocycles. The molecule has 0 fully saturated rings. The van der Waals surface area contributed by atoms with Gasteiger partial charge in [-0.15, -0.1) is 0 Å². The van der Waals surface area contributed by atoms with Gasteiger partial charge in [0.05, 0.1) is 6.61 Å². The Labute approximate surface area is 141 Å². The van der Waals surface area contributed by atoms with Crippen molar-refractivity contribution in [3.05, 3.63) is 63.2 Å². The van der Waals surface area contributed by atoms with Crippen molar-refractivity contribution in [1.29, 1.82) is 0 Å². The van der Waals surface area contributed by atoms with Crippen LogP contribution in [0.1, 0.15) is 59.7 Å². The maximum Gasteiger partial charge on any atom is 0.125 e. The van der Waals surface area contributed by atoms with Gasteiger partial charge >= 0.3 is 0 Å². The van der Waals surface area contributed by atoms with E-state index in [4.69, 9.17) is 4.74 Å². The van der Waals surface area contributed by atoms with Gasteiger partial charge < -0.3 is 4.74 Å². The second-order valence-electron chi connectivity index (χ2n) is 7.23. The standard InChI is InChI=1S/C22H30O/c1-9-23-21-16(4)12-20(13-17(21)5)22(7,8)19-10-14(2)18(6)15(3)11-19/h10-13H,9H2,1-8H3. The second kappa shape index (κ2) is 6.39. The highest BCUT2D eigenvalue weighted by Gasteiger charge is 2.25. The van der Waals surface area contributed by atoms with Crippen LogP contribution in [0.15, 0.2) is 24.3 Å². The number of benzene rings is 2. The van der Waals surface area contributed by atoms with Crippen molar-refractivity contribution in [2.45, 2.75) is 60.8 Å². The molecule has 0 N–H and O–H groups in total. The van der Waals surface area contributed by atoms with Crippen LogP contribution in [0.2, 0.25) is 0 Å². The molecule has 0 unspecified atom stereocenters. The fourth-order valence-electron chi connectivity index (χ4n) is 3.25. The van der Waals surface area contributed by atoms with Crippen LogP contribution in [0.4, 0.5) is 0 Å². The van der Waals surface area contributed by atoms with E-state index in [0.29, 0.717) is 6.61 Å². The monoisotopic (exact) mass is 310 g/mol. The molecule has 1 nitrogen and oxygen atoms in total. The Morgan fingerprint density at radius 3 is 1.52 bits per heavy atom. The van der Waals surface area contributed by atoms with Crippen LogP contribution in [0.5, 0.6) is 5.75 Å².